The number of carbonyl (C=O) groups excluding carboxylic acids is 1. The molecule has 144 valence electrons. The summed E-state index contributed by atoms with van der Waals surface area (Å²) in [6.45, 7) is 3.40. The van der Waals surface area contributed by atoms with E-state index >= 15 is 0 Å². The lowest BCUT2D eigenvalue weighted by atomic mass is 10.2. The molecule has 1 aromatic heterocycles. The summed E-state index contributed by atoms with van der Waals surface area (Å²) >= 11 is 0. The lowest BCUT2D eigenvalue weighted by Gasteiger charge is -2.35. The SMILES string of the molecule is Cc1cc(S(=O)(=O)NCC(=O)N2CCN(c3ccccn3)CC2)ccc1F. The summed E-state index contributed by atoms with van der Waals surface area (Å²) in [6.07, 6.45) is 1.72. The minimum atomic E-state index is -3.87. The molecule has 1 aliphatic heterocycles. The molecule has 1 fully saturated rings. The van der Waals surface area contributed by atoms with Gasteiger partial charge in [-0.3, -0.25) is 4.79 Å². The molecule has 1 N–H and O–H groups in total. The Morgan fingerprint density at radius 2 is 1.93 bits per heavy atom. The van der Waals surface area contributed by atoms with Crippen molar-refractivity contribution >= 4 is 21.7 Å². The highest BCUT2D eigenvalue weighted by Crippen LogP contribution is 2.15. The third-order valence-corrected chi connectivity index (χ3v) is 5.86. The molecule has 0 spiro atoms. The van der Waals surface area contributed by atoms with Crippen molar-refractivity contribution in [3.63, 3.8) is 0 Å². The first-order chi connectivity index (χ1) is 12.9. The van der Waals surface area contributed by atoms with Gasteiger partial charge in [-0.05, 0) is 42.8 Å². The number of hydrogen-bond acceptors (Lipinski definition) is 5. The fourth-order valence-electron chi connectivity index (χ4n) is 2.86. The second kappa shape index (κ2) is 8.01. The summed E-state index contributed by atoms with van der Waals surface area (Å²) in [5, 5.41) is 0. The molecule has 0 radical (unpaired) electrons. The lowest BCUT2D eigenvalue weighted by Crippen LogP contribution is -2.51. The Bertz CT molecular complexity index is 913. The summed E-state index contributed by atoms with van der Waals surface area (Å²) in [7, 11) is -3.87. The van der Waals surface area contributed by atoms with Crippen LogP contribution in [0.3, 0.4) is 0 Å². The molecule has 2 heterocycles. The van der Waals surface area contributed by atoms with Crippen LogP contribution in [0.2, 0.25) is 0 Å². The van der Waals surface area contributed by atoms with Crippen molar-refractivity contribution in [1.29, 1.82) is 0 Å². The lowest BCUT2D eigenvalue weighted by molar-refractivity contribution is -0.130. The summed E-state index contributed by atoms with van der Waals surface area (Å²) in [5.41, 5.74) is 0.231. The van der Waals surface area contributed by atoms with Crippen LogP contribution in [0.4, 0.5) is 10.2 Å². The maximum absolute atomic E-state index is 13.3. The van der Waals surface area contributed by atoms with Crippen LogP contribution in [0.5, 0.6) is 0 Å². The maximum Gasteiger partial charge on any atom is 0.241 e. The summed E-state index contributed by atoms with van der Waals surface area (Å²) in [4.78, 5) is 20.3. The van der Waals surface area contributed by atoms with Crippen LogP contribution < -0.4 is 9.62 Å². The molecule has 1 saturated heterocycles. The van der Waals surface area contributed by atoms with E-state index in [1.807, 2.05) is 18.2 Å². The number of sulfonamides is 1. The highest BCUT2D eigenvalue weighted by atomic mass is 32.2. The van der Waals surface area contributed by atoms with Gasteiger partial charge in [-0.15, -0.1) is 0 Å². The summed E-state index contributed by atoms with van der Waals surface area (Å²) in [5.74, 6) is 0.0888. The van der Waals surface area contributed by atoms with E-state index in [1.54, 1.807) is 11.1 Å². The van der Waals surface area contributed by atoms with Gasteiger partial charge in [0.05, 0.1) is 11.4 Å². The first-order valence-corrected chi connectivity index (χ1v) is 10.0. The number of piperazine rings is 1. The number of pyridine rings is 1. The number of halogens is 1. The van der Waals surface area contributed by atoms with Gasteiger partial charge in [-0.1, -0.05) is 6.07 Å². The van der Waals surface area contributed by atoms with Crippen molar-refractivity contribution in [2.75, 3.05) is 37.6 Å². The number of aromatic nitrogens is 1. The monoisotopic (exact) mass is 392 g/mol. The highest BCUT2D eigenvalue weighted by molar-refractivity contribution is 7.89. The van der Waals surface area contributed by atoms with Gasteiger partial charge in [-0.2, -0.15) is 0 Å². The Hall–Kier alpha value is -2.52. The molecule has 27 heavy (non-hydrogen) atoms. The number of nitrogens with zero attached hydrogens (tertiary/aromatic N) is 3. The molecular formula is C18H21FN4O3S. The molecule has 1 aliphatic rings. The largest absolute Gasteiger partial charge is 0.353 e. The topological polar surface area (TPSA) is 82.6 Å². The summed E-state index contributed by atoms with van der Waals surface area (Å²) < 4.78 is 40.2. The van der Waals surface area contributed by atoms with Gasteiger partial charge < -0.3 is 9.80 Å². The van der Waals surface area contributed by atoms with Crippen molar-refractivity contribution < 1.29 is 17.6 Å². The number of nitrogens with one attached hydrogen (secondary N) is 1. The van der Waals surface area contributed by atoms with Crippen molar-refractivity contribution in [2.45, 2.75) is 11.8 Å². The van der Waals surface area contributed by atoms with E-state index in [1.165, 1.54) is 19.1 Å². The quantitative estimate of drug-likeness (QED) is 0.826. The van der Waals surface area contributed by atoms with Crippen LogP contribution in [-0.2, 0) is 14.8 Å². The molecule has 7 nitrogen and oxygen atoms in total. The first kappa shape index (κ1) is 19.2. The van der Waals surface area contributed by atoms with Gasteiger partial charge in [-0.25, -0.2) is 22.5 Å². The number of rotatable bonds is 5. The van der Waals surface area contributed by atoms with E-state index < -0.39 is 15.8 Å². The molecule has 3 rings (SSSR count). The van der Waals surface area contributed by atoms with E-state index in [9.17, 15) is 17.6 Å². The van der Waals surface area contributed by atoms with Crippen LogP contribution in [0.15, 0.2) is 47.5 Å². The van der Waals surface area contributed by atoms with Gasteiger partial charge in [0.1, 0.15) is 11.6 Å². The molecule has 0 unspecified atom stereocenters. The molecule has 1 amide bonds. The van der Waals surface area contributed by atoms with E-state index in [2.05, 4.69) is 14.6 Å². The first-order valence-electron chi connectivity index (χ1n) is 8.56. The number of hydrogen-bond donors (Lipinski definition) is 1. The number of benzene rings is 1. The van der Waals surface area contributed by atoms with Crippen LogP contribution in [0.25, 0.3) is 0 Å². The van der Waals surface area contributed by atoms with Crippen molar-refractivity contribution in [3.8, 4) is 0 Å². The van der Waals surface area contributed by atoms with Gasteiger partial charge in [0.15, 0.2) is 0 Å². The minimum absolute atomic E-state index is 0.0610. The van der Waals surface area contributed by atoms with Gasteiger partial charge in [0.25, 0.3) is 0 Å². The average molecular weight is 392 g/mol. The molecular weight excluding hydrogens is 371 g/mol. The Morgan fingerprint density at radius 3 is 2.56 bits per heavy atom. The molecule has 0 saturated carbocycles. The number of aryl methyl sites for hydroxylation is 1. The smallest absolute Gasteiger partial charge is 0.241 e. The van der Waals surface area contributed by atoms with Gasteiger partial charge >= 0.3 is 0 Å². The second-order valence-electron chi connectivity index (χ2n) is 6.29. The predicted octanol–water partition coefficient (Wildman–Crippen LogP) is 1.16. The minimum Gasteiger partial charge on any atom is -0.353 e. The average Bonchev–Trinajstić information content (AvgIpc) is 2.69. The Labute approximate surface area is 157 Å². The van der Waals surface area contributed by atoms with E-state index in [-0.39, 0.29) is 22.9 Å². The zero-order valence-electron chi connectivity index (χ0n) is 14.9. The standard InChI is InChI=1S/C18H21FN4O3S/c1-14-12-15(5-6-16(14)19)27(25,26)21-13-18(24)23-10-8-22(9-11-23)17-4-2-3-7-20-17/h2-7,12,21H,8-11,13H2,1H3. The van der Waals surface area contributed by atoms with Crippen molar-refractivity contribution in [2.24, 2.45) is 0 Å². The van der Waals surface area contributed by atoms with Crippen LogP contribution in [0.1, 0.15) is 5.56 Å². The third-order valence-electron chi connectivity index (χ3n) is 4.46. The zero-order valence-corrected chi connectivity index (χ0v) is 15.7. The predicted molar refractivity (Wildman–Crippen MR) is 99.4 cm³/mol. The number of anilines is 1. The van der Waals surface area contributed by atoms with Crippen molar-refractivity contribution in [3.05, 3.63) is 54.0 Å². The Balaban J connectivity index is 1.54. The third kappa shape index (κ3) is 4.61. The van der Waals surface area contributed by atoms with Crippen LogP contribution in [-0.4, -0.2) is 56.9 Å². The van der Waals surface area contributed by atoms with E-state index in [4.69, 9.17) is 0 Å². The van der Waals surface area contributed by atoms with E-state index in [0.29, 0.717) is 26.2 Å². The molecule has 0 bridgehead atoms. The van der Waals surface area contributed by atoms with Crippen molar-refractivity contribution in [1.82, 2.24) is 14.6 Å². The van der Waals surface area contributed by atoms with Gasteiger partial charge in [0, 0.05) is 32.4 Å². The number of amides is 1. The highest BCUT2D eigenvalue weighted by Gasteiger charge is 2.23. The van der Waals surface area contributed by atoms with Gasteiger partial charge in [0.2, 0.25) is 15.9 Å². The molecule has 0 atom stereocenters. The molecule has 2 aromatic rings. The number of carbonyl (C=O) groups is 1. The van der Waals surface area contributed by atoms with E-state index in [0.717, 1.165) is 11.9 Å². The normalized spacial score (nSPS) is 15.0. The molecule has 0 aliphatic carbocycles. The Morgan fingerprint density at radius 1 is 1.19 bits per heavy atom. The molecule has 9 heteroatoms. The Kier molecular flexibility index (Phi) is 5.71. The second-order valence-corrected chi connectivity index (χ2v) is 8.06. The summed E-state index contributed by atoms with van der Waals surface area (Å²) in [6, 6.07) is 9.19. The fraction of sp³-hybridized carbons (Fsp3) is 0.333. The fourth-order valence-corrected chi connectivity index (χ4v) is 3.92. The van der Waals surface area contributed by atoms with Crippen LogP contribution >= 0.6 is 0 Å². The van der Waals surface area contributed by atoms with Crippen LogP contribution in [0, 0.1) is 12.7 Å². The maximum atomic E-state index is 13.3. The molecule has 1 aromatic carbocycles. The zero-order chi connectivity index (χ0) is 19.4.